The Labute approximate surface area is 55.1 Å². The fourth-order valence-corrected chi connectivity index (χ4v) is 2.55. The van der Waals surface area contributed by atoms with Gasteiger partial charge in [-0.1, -0.05) is 0 Å². The Morgan fingerprint density at radius 3 is 2.50 bits per heavy atom. The number of fused-ring (bicyclic) bond motifs is 1. The van der Waals surface area contributed by atoms with Crippen molar-refractivity contribution in [2.24, 2.45) is 0 Å². The van der Waals surface area contributed by atoms with E-state index < -0.39 is 0 Å². The SMILES string of the molecule is c1ccc2c(c1)C[Se]2. The molecule has 0 atom stereocenters. The van der Waals surface area contributed by atoms with Crippen molar-refractivity contribution in [3.05, 3.63) is 29.8 Å². The molecule has 1 heterocycles. The van der Waals surface area contributed by atoms with Crippen LogP contribution in [-0.4, -0.2) is 15.0 Å². The number of hydrogen-bond donors (Lipinski definition) is 0. The number of hydrogen-bond acceptors (Lipinski definition) is 0. The van der Waals surface area contributed by atoms with Crippen LogP contribution in [-0.2, 0) is 5.32 Å². The summed E-state index contributed by atoms with van der Waals surface area (Å²) in [6, 6.07) is 8.70. The van der Waals surface area contributed by atoms with Crippen molar-refractivity contribution in [2.75, 3.05) is 0 Å². The van der Waals surface area contributed by atoms with Crippen LogP contribution >= 0.6 is 0 Å². The van der Waals surface area contributed by atoms with Gasteiger partial charge in [-0.3, -0.25) is 0 Å². The fourth-order valence-electron chi connectivity index (χ4n) is 0.839. The van der Waals surface area contributed by atoms with E-state index in [9.17, 15) is 0 Å². The van der Waals surface area contributed by atoms with Crippen molar-refractivity contribution >= 4 is 19.4 Å². The second-order valence-corrected chi connectivity index (χ2v) is 4.03. The molecule has 0 nitrogen and oxygen atoms in total. The Kier molecular flexibility index (Phi) is 0.927. The summed E-state index contributed by atoms with van der Waals surface area (Å²) in [7, 11) is 0. The zero-order chi connectivity index (χ0) is 5.40. The van der Waals surface area contributed by atoms with E-state index in [4.69, 9.17) is 0 Å². The monoisotopic (exact) mass is 170 g/mol. The van der Waals surface area contributed by atoms with Crippen molar-refractivity contribution in [3.8, 4) is 0 Å². The molecule has 0 amide bonds. The van der Waals surface area contributed by atoms with Crippen molar-refractivity contribution in [1.82, 2.24) is 0 Å². The molecule has 0 spiro atoms. The predicted octanol–water partition coefficient (Wildman–Crippen LogP) is 0.530. The third-order valence-corrected chi connectivity index (χ3v) is 3.80. The Morgan fingerprint density at radius 1 is 1.25 bits per heavy atom. The normalized spacial score (nSPS) is 14.5. The molecule has 0 radical (unpaired) electrons. The molecule has 40 valence electrons. The van der Waals surface area contributed by atoms with Crippen LogP contribution in [0.4, 0.5) is 0 Å². The summed E-state index contributed by atoms with van der Waals surface area (Å²) in [6.07, 6.45) is 0. The van der Waals surface area contributed by atoms with Gasteiger partial charge in [0.2, 0.25) is 0 Å². The van der Waals surface area contributed by atoms with Crippen molar-refractivity contribution in [2.45, 2.75) is 5.32 Å². The summed E-state index contributed by atoms with van der Waals surface area (Å²) in [5.41, 5.74) is 1.58. The zero-order valence-corrected chi connectivity index (χ0v) is 6.14. The molecule has 1 aliphatic rings. The topological polar surface area (TPSA) is 0 Å². The van der Waals surface area contributed by atoms with Crippen molar-refractivity contribution < 1.29 is 0 Å². The van der Waals surface area contributed by atoms with E-state index in [1.807, 2.05) is 0 Å². The summed E-state index contributed by atoms with van der Waals surface area (Å²) >= 11 is 0.830. The second kappa shape index (κ2) is 1.61. The van der Waals surface area contributed by atoms with Crippen molar-refractivity contribution in [1.29, 1.82) is 0 Å². The molecule has 8 heavy (non-hydrogen) atoms. The summed E-state index contributed by atoms with van der Waals surface area (Å²) in [5.74, 6) is 0. The maximum atomic E-state index is 2.23. The van der Waals surface area contributed by atoms with Gasteiger partial charge in [0, 0.05) is 0 Å². The summed E-state index contributed by atoms with van der Waals surface area (Å²) in [6.45, 7) is 0. The van der Waals surface area contributed by atoms with Gasteiger partial charge < -0.3 is 0 Å². The van der Waals surface area contributed by atoms with Gasteiger partial charge in [0.25, 0.3) is 0 Å². The van der Waals surface area contributed by atoms with Gasteiger partial charge in [0.15, 0.2) is 0 Å². The van der Waals surface area contributed by atoms with E-state index in [1.54, 1.807) is 10.0 Å². The molecule has 0 bridgehead atoms. The molecule has 2 rings (SSSR count). The van der Waals surface area contributed by atoms with Crippen LogP contribution in [0.2, 0.25) is 0 Å². The molecular formula is C7H6Se. The first-order chi connectivity index (χ1) is 3.97. The average molecular weight is 169 g/mol. The van der Waals surface area contributed by atoms with Crippen LogP contribution < -0.4 is 4.46 Å². The molecule has 1 aliphatic heterocycles. The molecule has 0 aromatic heterocycles. The number of benzene rings is 1. The van der Waals surface area contributed by atoms with E-state index in [1.165, 1.54) is 5.32 Å². The Hall–Kier alpha value is -0.261. The molecule has 0 saturated carbocycles. The summed E-state index contributed by atoms with van der Waals surface area (Å²) < 4.78 is 1.61. The quantitative estimate of drug-likeness (QED) is 0.497. The van der Waals surface area contributed by atoms with Crippen LogP contribution in [0, 0.1) is 0 Å². The van der Waals surface area contributed by atoms with Crippen LogP contribution in [0.1, 0.15) is 5.56 Å². The Balaban J connectivity index is 2.62. The fraction of sp³-hybridized carbons (Fsp3) is 0.143. The van der Waals surface area contributed by atoms with Crippen LogP contribution in [0.25, 0.3) is 0 Å². The molecule has 0 aliphatic carbocycles. The minimum atomic E-state index is 0.830. The minimum absolute atomic E-state index is 0.830. The van der Waals surface area contributed by atoms with Gasteiger partial charge in [-0.2, -0.15) is 0 Å². The van der Waals surface area contributed by atoms with Gasteiger partial charge in [-0.15, -0.1) is 0 Å². The third kappa shape index (κ3) is 0.520. The molecule has 0 fully saturated rings. The first-order valence-corrected chi connectivity index (χ1v) is 4.74. The van der Waals surface area contributed by atoms with Crippen LogP contribution in [0.5, 0.6) is 0 Å². The molecule has 0 unspecified atom stereocenters. The third-order valence-electron chi connectivity index (χ3n) is 1.36. The van der Waals surface area contributed by atoms with Crippen LogP contribution in [0.15, 0.2) is 24.3 Å². The molecule has 1 aromatic carbocycles. The Bertz CT molecular complexity index is 182. The van der Waals surface area contributed by atoms with Crippen LogP contribution in [0.3, 0.4) is 0 Å². The standard InChI is InChI=1S/C7H6Se/c1-2-4-7-6(3-1)5-8-7/h1-4H,5H2. The van der Waals surface area contributed by atoms with E-state index in [-0.39, 0.29) is 0 Å². The summed E-state index contributed by atoms with van der Waals surface area (Å²) in [5, 5.41) is 1.36. The summed E-state index contributed by atoms with van der Waals surface area (Å²) in [4.78, 5) is 0. The molecular weight excluding hydrogens is 163 g/mol. The molecule has 1 aromatic rings. The van der Waals surface area contributed by atoms with Gasteiger partial charge in [0.05, 0.1) is 0 Å². The molecule has 1 heteroatoms. The molecule has 0 saturated heterocycles. The zero-order valence-electron chi connectivity index (χ0n) is 4.42. The van der Waals surface area contributed by atoms with E-state index in [0.717, 1.165) is 15.0 Å². The van der Waals surface area contributed by atoms with E-state index >= 15 is 0 Å². The van der Waals surface area contributed by atoms with Gasteiger partial charge in [-0.25, -0.2) is 0 Å². The predicted molar refractivity (Wildman–Crippen MR) is 35.5 cm³/mol. The first kappa shape index (κ1) is 4.60. The van der Waals surface area contributed by atoms with Gasteiger partial charge >= 0.3 is 54.6 Å². The van der Waals surface area contributed by atoms with Crippen molar-refractivity contribution in [3.63, 3.8) is 0 Å². The van der Waals surface area contributed by atoms with Gasteiger partial charge in [-0.05, 0) is 0 Å². The van der Waals surface area contributed by atoms with E-state index in [0.29, 0.717) is 0 Å². The molecule has 0 N–H and O–H groups in total. The first-order valence-electron chi connectivity index (χ1n) is 2.67. The Morgan fingerprint density at radius 2 is 2.12 bits per heavy atom. The second-order valence-electron chi connectivity index (χ2n) is 1.90. The number of rotatable bonds is 0. The van der Waals surface area contributed by atoms with Gasteiger partial charge in [0.1, 0.15) is 0 Å². The van der Waals surface area contributed by atoms with E-state index in [2.05, 4.69) is 24.3 Å². The average Bonchev–Trinajstić information content (AvgIpc) is 1.72. The maximum absolute atomic E-state index is 2.23.